The van der Waals surface area contributed by atoms with E-state index in [4.69, 9.17) is 28.7 Å². The molecule has 1 aromatic rings. The van der Waals surface area contributed by atoms with Crippen molar-refractivity contribution in [3.8, 4) is 0 Å². The Bertz CT molecular complexity index is 1670. The minimum absolute atomic E-state index is 0.0517. The second-order valence-corrected chi connectivity index (χ2v) is 16.0. The minimum Gasteiger partial charge on any atom is -0.391 e. The Morgan fingerprint density at radius 1 is 0.714 bits per heavy atom. The predicted molar refractivity (Wildman–Crippen MR) is 231 cm³/mol. The molecule has 1 aromatic carbocycles. The molecule has 0 bridgehead atoms. The van der Waals surface area contributed by atoms with Gasteiger partial charge in [0.15, 0.2) is 0 Å². The van der Waals surface area contributed by atoms with Gasteiger partial charge in [-0.25, -0.2) is 0 Å². The molecule has 63 heavy (non-hydrogen) atoms. The van der Waals surface area contributed by atoms with Crippen molar-refractivity contribution in [3.63, 3.8) is 0 Å². The lowest BCUT2D eigenvalue weighted by Crippen LogP contribution is -2.61. The number of nitrogens with one attached hydrogen (secondary N) is 8. The summed E-state index contributed by atoms with van der Waals surface area (Å²) in [6.45, 7) is 4.41. The molecule has 0 aromatic heterocycles. The molecule has 354 valence electrons. The smallest absolute Gasteiger partial charge is 0.243 e. The van der Waals surface area contributed by atoms with Crippen molar-refractivity contribution in [1.82, 2.24) is 42.5 Å². The fraction of sp³-hybridized carbons (Fsp3) is 0.650. The second-order valence-electron chi connectivity index (χ2n) is 16.0. The maximum Gasteiger partial charge on any atom is 0.243 e. The van der Waals surface area contributed by atoms with E-state index in [1.165, 1.54) is 6.92 Å². The van der Waals surface area contributed by atoms with E-state index in [0.29, 0.717) is 5.56 Å². The Morgan fingerprint density at radius 2 is 1.17 bits per heavy atom. The van der Waals surface area contributed by atoms with Crippen LogP contribution in [0.1, 0.15) is 71.3 Å². The predicted octanol–water partition coefficient (Wildman–Crippen LogP) is -6.00. The molecule has 1 unspecified atom stereocenters. The number of amides is 8. The molecule has 1 aliphatic rings. The lowest BCUT2D eigenvalue weighted by molar-refractivity contribution is -0.136. The summed E-state index contributed by atoms with van der Waals surface area (Å²) in [7, 11) is 0. The quantitative estimate of drug-likeness (QED) is 0.0735. The van der Waals surface area contributed by atoms with Crippen LogP contribution in [0.2, 0.25) is 0 Å². The first-order valence-electron chi connectivity index (χ1n) is 21.2. The Morgan fingerprint density at radius 3 is 1.67 bits per heavy atom. The first-order valence-corrected chi connectivity index (χ1v) is 21.2. The molecule has 0 radical (unpaired) electrons. The number of hydrogen-bond donors (Lipinski definition) is 15. The third-order valence-electron chi connectivity index (χ3n) is 10.1. The van der Waals surface area contributed by atoms with Gasteiger partial charge in [-0.3, -0.25) is 43.7 Å². The molecule has 0 spiro atoms. The topological polar surface area (TPSA) is 403 Å². The van der Waals surface area contributed by atoms with E-state index in [9.17, 15) is 48.6 Å². The van der Waals surface area contributed by atoms with E-state index in [2.05, 4.69) is 42.5 Å². The lowest BCUT2D eigenvalue weighted by atomic mass is 10.00. The molecule has 0 aliphatic carbocycles. The highest BCUT2D eigenvalue weighted by Gasteiger charge is 2.35. The normalized spacial score (nSPS) is 26.2. The molecule has 20 N–H and O–H groups in total. The third kappa shape index (κ3) is 18.9. The molecule has 8 amide bonds. The van der Waals surface area contributed by atoms with Gasteiger partial charge in [0.05, 0.1) is 18.2 Å². The largest absolute Gasteiger partial charge is 0.391 e. The lowest BCUT2D eigenvalue weighted by Gasteiger charge is -2.30. The van der Waals surface area contributed by atoms with E-state index in [-0.39, 0.29) is 83.5 Å². The van der Waals surface area contributed by atoms with Crippen LogP contribution in [0.25, 0.3) is 0 Å². The summed E-state index contributed by atoms with van der Waals surface area (Å²) in [6, 6.07) is -1.93. The van der Waals surface area contributed by atoms with E-state index in [1.807, 2.05) is 13.8 Å². The molecular weight excluding hydrogens is 823 g/mol. The van der Waals surface area contributed by atoms with E-state index in [0.717, 1.165) is 0 Å². The first-order chi connectivity index (χ1) is 29.8. The van der Waals surface area contributed by atoms with Crippen molar-refractivity contribution in [1.29, 1.82) is 0 Å². The van der Waals surface area contributed by atoms with Gasteiger partial charge in [0.25, 0.3) is 0 Å². The van der Waals surface area contributed by atoms with Gasteiger partial charge in [0.2, 0.25) is 47.3 Å². The number of primary amides is 1. The van der Waals surface area contributed by atoms with Crippen LogP contribution in [0.3, 0.4) is 0 Å². The Labute approximate surface area is 367 Å². The monoisotopic (exact) mass is 892 g/mol. The van der Waals surface area contributed by atoms with E-state index in [1.54, 1.807) is 30.3 Å². The molecule has 1 saturated heterocycles. The maximum absolute atomic E-state index is 14.2. The summed E-state index contributed by atoms with van der Waals surface area (Å²) in [5, 5.41) is 42.6. The van der Waals surface area contributed by atoms with Gasteiger partial charge >= 0.3 is 0 Å². The van der Waals surface area contributed by atoms with Crippen LogP contribution in [-0.4, -0.2) is 144 Å². The van der Waals surface area contributed by atoms with Crippen LogP contribution in [0, 0.1) is 5.92 Å². The van der Waals surface area contributed by atoms with Gasteiger partial charge in [0.1, 0.15) is 42.5 Å². The molecule has 1 aliphatic heterocycles. The van der Waals surface area contributed by atoms with Crippen LogP contribution in [0.5, 0.6) is 0 Å². The van der Waals surface area contributed by atoms with Crippen LogP contribution >= 0.6 is 0 Å². The Balaban J connectivity index is 2.69. The van der Waals surface area contributed by atoms with Crippen molar-refractivity contribution in [2.75, 3.05) is 26.2 Å². The summed E-state index contributed by atoms with van der Waals surface area (Å²) in [5.74, 6) is -6.60. The van der Waals surface area contributed by atoms with Crippen LogP contribution < -0.4 is 71.2 Å². The molecule has 23 nitrogen and oxygen atoms in total. The fourth-order valence-corrected chi connectivity index (χ4v) is 6.64. The molecule has 1 fully saturated rings. The molecule has 10 atom stereocenters. The maximum atomic E-state index is 14.2. The van der Waals surface area contributed by atoms with Crippen LogP contribution in [0.15, 0.2) is 30.3 Å². The van der Waals surface area contributed by atoms with E-state index < -0.39 is 108 Å². The number of hydrogen-bond acceptors (Lipinski definition) is 15. The number of aliphatic hydroxyl groups excluding tert-OH is 2. The highest BCUT2D eigenvalue weighted by atomic mass is 16.3. The van der Waals surface area contributed by atoms with Gasteiger partial charge in [-0.05, 0) is 76.6 Å². The standard InChI is InChI=1S/C40H69N13O10/c1-21(2)19-29-38(61)50-25(11-15-41)34(57)49-27(13-17-43)37(60)53-32(22(3)54)40(63)46-18-14-28(47-33(56)24(44)9-10-31(45)55)36(59)48-26(12-16-42)35(58)52-30(39(62)51-29)20-23-7-5-4-6-8-23/h4-8,21-22,24-30,32,40,46,54,63H,9-20,41-44H2,1-3H3,(H2,45,55)(H,47,56)(H,48,59)(H,49,57)(H,50,61)(H,51,62)(H,52,58)(H,53,60)/t22-,24+,25+,26+,27+,28+,29+,30-,32+,40?/m1/s1. The fourth-order valence-electron chi connectivity index (χ4n) is 6.64. The van der Waals surface area contributed by atoms with Crippen molar-refractivity contribution in [3.05, 3.63) is 35.9 Å². The molecule has 0 saturated carbocycles. The van der Waals surface area contributed by atoms with Gasteiger partial charge in [-0.1, -0.05) is 44.2 Å². The second kappa shape index (κ2) is 27.7. The van der Waals surface area contributed by atoms with Crippen LogP contribution in [0.4, 0.5) is 0 Å². The molecule has 2 rings (SSSR count). The summed E-state index contributed by atoms with van der Waals surface area (Å²) < 4.78 is 0. The summed E-state index contributed by atoms with van der Waals surface area (Å²) in [6.07, 6.45) is -3.95. The minimum atomic E-state index is -1.67. The molecule has 23 heteroatoms. The summed E-state index contributed by atoms with van der Waals surface area (Å²) in [4.78, 5) is 108. The zero-order valence-corrected chi connectivity index (χ0v) is 36.3. The van der Waals surface area contributed by atoms with Gasteiger partial charge in [-0.2, -0.15) is 0 Å². The zero-order valence-electron chi connectivity index (χ0n) is 36.3. The molecular formula is C40H69N13O10. The number of aliphatic hydroxyl groups is 2. The number of carbonyl (C=O) groups is 8. The van der Waals surface area contributed by atoms with Crippen molar-refractivity contribution in [2.24, 2.45) is 34.6 Å². The SMILES string of the molecule is CC(C)C[C@@H]1NC(=O)[C@@H](Cc2ccccc2)NC(=O)[C@H](CCN)NC(=O)[C@@H](NC(=O)[C@@H](N)CCC(N)=O)CCNC(O)[C@H]([C@@H](C)O)NC(=O)[C@H](CCN)NC(=O)[C@H](CCN)NC1=O. The van der Waals surface area contributed by atoms with Gasteiger partial charge in [0, 0.05) is 19.4 Å². The van der Waals surface area contributed by atoms with Crippen LogP contribution in [-0.2, 0) is 44.8 Å². The van der Waals surface area contributed by atoms with Crippen molar-refractivity contribution >= 4 is 47.3 Å². The van der Waals surface area contributed by atoms with Crippen molar-refractivity contribution in [2.45, 2.75) is 133 Å². The van der Waals surface area contributed by atoms with Crippen molar-refractivity contribution < 1.29 is 48.6 Å². The number of nitrogens with two attached hydrogens (primary N) is 5. The van der Waals surface area contributed by atoms with E-state index >= 15 is 0 Å². The Kier molecular flexibility index (Phi) is 23.7. The molecule has 1 heterocycles. The number of carbonyl (C=O) groups excluding carboxylic acids is 8. The first kappa shape index (κ1) is 53.8. The van der Waals surface area contributed by atoms with Gasteiger partial charge < -0.3 is 76.1 Å². The summed E-state index contributed by atoms with van der Waals surface area (Å²) in [5.41, 5.74) is 29.3. The number of rotatable bonds is 16. The third-order valence-corrected chi connectivity index (χ3v) is 10.1. The highest BCUT2D eigenvalue weighted by Crippen LogP contribution is 2.11. The Hall–Kier alpha value is -5.30. The van der Waals surface area contributed by atoms with Gasteiger partial charge in [-0.15, -0.1) is 0 Å². The average Bonchev–Trinajstić information content (AvgIpc) is 3.22. The summed E-state index contributed by atoms with van der Waals surface area (Å²) >= 11 is 0. The number of benzene rings is 1. The zero-order chi connectivity index (χ0) is 47.2. The highest BCUT2D eigenvalue weighted by molar-refractivity contribution is 5.97. The average molecular weight is 892 g/mol.